The third-order valence-corrected chi connectivity index (χ3v) is 5.00. The topological polar surface area (TPSA) is 58.6 Å². The number of benzene rings is 1. The van der Waals surface area contributed by atoms with Gasteiger partial charge < -0.3 is 10.1 Å². The van der Waals surface area contributed by atoms with E-state index in [1.165, 1.54) is 11.0 Å². The summed E-state index contributed by atoms with van der Waals surface area (Å²) < 4.78 is 33.8. The fourth-order valence-corrected chi connectivity index (χ4v) is 3.84. The van der Waals surface area contributed by atoms with E-state index >= 15 is 0 Å². The average molecular weight is 364 g/mol. The van der Waals surface area contributed by atoms with Gasteiger partial charge in [0.1, 0.15) is 11.6 Å². The van der Waals surface area contributed by atoms with Gasteiger partial charge in [-0.3, -0.25) is 4.90 Å². The van der Waals surface area contributed by atoms with Gasteiger partial charge in [0, 0.05) is 11.7 Å². The summed E-state index contributed by atoms with van der Waals surface area (Å²) in [5, 5.41) is 2.61. The van der Waals surface area contributed by atoms with E-state index in [4.69, 9.17) is 4.74 Å². The number of nitrogens with zero attached hydrogens (tertiary/aromatic N) is 1. The number of hydrogen-bond donors (Lipinski definition) is 1. The molecule has 5 nitrogen and oxygen atoms in total. The Balaban J connectivity index is 2.12. The van der Waals surface area contributed by atoms with Crippen LogP contribution >= 0.6 is 0 Å². The van der Waals surface area contributed by atoms with Crippen molar-refractivity contribution in [1.29, 1.82) is 0 Å². The summed E-state index contributed by atoms with van der Waals surface area (Å²) in [7, 11) is 0. The van der Waals surface area contributed by atoms with Crippen molar-refractivity contribution in [2.24, 2.45) is 0 Å². The molecule has 0 spiro atoms. The first-order valence-corrected chi connectivity index (χ1v) is 8.87. The number of urea groups is 1. The van der Waals surface area contributed by atoms with Gasteiger partial charge in [0.15, 0.2) is 0 Å². The molecule has 0 bridgehead atoms. The van der Waals surface area contributed by atoms with Crippen LogP contribution in [0.3, 0.4) is 0 Å². The van der Waals surface area contributed by atoms with Crippen LogP contribution in [-0.4, -0.2) is 29.5 Å². The summed E-state index contributed by atoms with van der Waals surface area (Å²) in [6.07, 6.45) is 3.67. The standard InChI is InChI=1S/C19H22F2N2O3/c1-3-26-18(24)15-11(2)23(12-7-4-5-8-12)19(25)22-17(15)16-13(20)9-6-10-14(16)21/h6,9-10,12,17H,3-5,7-8H2,1-2H3,(H,22,25)/t17-/m1/s1. The van der Waals surface area contributed by atoms with Crippen LogP contribution in [0.4, 0.5) is 13.6 Å². The van der Waals surface area contributed by atoms with Crippen LogP contribution in [-0.2, 0) is 9.53 Å². The number of esters is 1. The molecule has 1 N–H and O–H groups in total. The fraction of sp³-hybridized carbons (Fsp3) is 0.474. The molecule has 1 heterocycles. The quantitative estimate of drug-likeness (QED) is 0.827. The van der Waals surface area contributed by atoms with Crippen molar-refractivity contribution < 1.29 is 23.1 Å². The lowest BCUT2D eigenvalue weighted by molar-refractivity contribution is -0.139. The number of allylic oxidation sites excluding steroid dienone is 1. The smallest absolute Gasteiger partial charge is 0.338 e. The van der Waals surface area contributed by atoms with Crippen LogP contribution in [0, 0.1) is 11.6 Å². The van der Waals surface area contributed by atoms with Crippen molar-refractivity contribution >= 4 is 12.0 Å². The zero-order chi connectivity index (χ0) is 18.8. The highest BCUT2D eigenvalue weighted by atomic mass is 19.1. The van der Waals surface area contributed by atoms with E-state index < -0.39 is 29.7 Å². The first kappa shape index (κ1) is 18.4. The zero-order valence-electron chi connectivity index (χ0n) is 14.9. The van der Waals surface area contributed by atoms with Crippen molar-refractivity contribution in [1.82, 2.24) is 10.2 Å². The minimum absolute atomic E-state index is 0.0224. The Hall–Kier alpha value is -2.44. The molecule has 0 radical (unpaired) electrons. The molecule has 0 unspecified atom stereocenters. The normalized spacial score (nSPS) is 21.2. The molecule has 26 heavy (non-hydrogen) atoms. The van der Waals surface area contributed by atoms with Gasteiger partial charge >= 0.3 is 12.0 Å². The predicted molar refractivity (Wildman–Crippen MR) is 91.1 cm³/mol. The molecule has 140 valence electrons. The SMILES string of the molecule is CCOC(=O)C1=C(C)N(C2CCCC2)C(=O)N[C@H]1c1c(F)cccc1F. The van der Waals surface area contributed by atoms with Gasteiger partial charge in [-0.05, 0) is 38.8 Å². The average Bonchev–Trinajstić information content (AvgIpc) is 3.08. The molecule has 1 atom stereocenters. The van der Waals surface area contributed by atoms with Gasteiger partial charge in [0.25, 0.3) is 0 Å². The lowest BCUT2D eigenvalue weighted by atomic mass is 9.93. The molecule has 7 heteroatoms. The number of hydrogen-bond acceptors (Lipinski definition) is 3. The molecule has 1 aromatic carbocycles. The van der Waals surface area contributed by atoms with Crippen molar-refractivity contribution in [3.05, 3.63) is 46.7 Å². The van der Waals surface area contributed by atoms with Crippen molar-refractivity contribution in [3.63, 3.8) is 0 Å². The summed E-state index contributed by atoms with van der Waals surface area (Å²) in [5.74, 6) is -2.32. The maximum absolute atomic E-state index is 14.3. The molecular formula is C19H22F2N2O3. The Morgan fingerprint density at radius 1 is 1.27 bits per heavy atom. The van der Waals surface area contributed by atoms with Gasteiger partial charge in [0.2, 0.25) is 0 Å². The summed E-state index contributed by atoms with van der Waals surface area (Å²) in [6, 6.07) is 1.75. The van der Waals surface area contributed by atoms with E-state index in [0.29, 0.717) is 5.70 Å². The number of nitrogens with one attached hydrogen (secondary N) is 1. The molecule has 1 fully saturated rings. The Bertz CT molecular complexity index is 737. The molecule has 0 saturated heterocycles. The number of amides is 2. The van der Waals surface area contributed by atoms with Crippen molar-refractivity contribution in [2.75, 3.05) is 6.61 Å². The number of carbonyl (C=O) groups excluding carboxylic acids is 2. The highest BCUT2D eigenvalue weighted by Gasteiger charge is 2.41. The first-order chi connectivity index (χ1) is 12.5. The summed E-state index contributed by atoms with van der Waals surface area (Å²) in [6.45, 7) is 3.41. The number of ether oxygens (including phenoxy) is 1. The highest BCUT2D eigenvalue weighted by Crippen LogP contribution is 2.37. The summed E-state index contributed by atoms with van der Waals surface area (Å²) in [5.41, 5.74) is 0.114. The maximum atomic E-state index is 14.3. The van der Waals surface area contributed by atoms with E-state index in [9.17, 15) is 18.4 Å². The molecule has 2 aliphatic rings. The highest BCUT2D eigenvalue weighted by molar-refractivity contribution is 5.95. The Kier molecular flexibility index (Phi) is 5.25. The lowest BCUT2D eigenvalue weighted by Crippen LogP contribution is -2.51. The number of halogens is 2. The predicted octanol–water partition coefficient (Wildman–Crippen LogP) is 3.81. The number of carbonyl (C=O) groups is 2. The monoisotopic (exact) mass is 364 g/mol. The van der Waals surface area contributed by atoms with E-state index in [-0.39, 0.29) is 23.8 Å². The molecule has 1 aromatic rings. The third kappa shape index (κ3) is 3.18. The Morgan fingerprint density at radius 3 is 2.46 bits per heavy atom. The molecular weight excluding hydrogens is 342 g/mol. The van der Waals surface area contributed by atoms with Crippen LogP contribution < -0.4 is 5.32 Å². The maximum Gasteiger partial charge on any atom is 0.338 e. The van der Waals surface area contributed by atoms with E-state index in [0.717, 1.165) is 37.8 Å². The Labute approximate surface area is 151 Å². The molecule has 2 amide bonds. The van der Waals surface area contributed by atoms with Crippen molar-refractivity contribution in [3.8, 4) is 0 Å². The Morgan fingerprint density at radius 2 is 1.88 bits per heavy atom. The second kappa shape index (κ2) is 7.43. The van der Waals surface area contributed by atoms with Gasteiger partial charge in [-0.25, -0.2) is 18.4 Å². The van der Waals surface area contributed by atoms with Gasteiger partial charge in [-0.15, -0.1) is 0 Å². The third-order valence-electron chi connectivity index (χ3n) is 5.00. The van der Waals surface area contributed by atoms with Crippen LogP contribution in [0.25, 0.3) is 0 Å². The zero-order valence-corrected chi connectivity index (χ0v) is 14.9. The van der Waals surface area contributed by atoms with Gasteiger partial charge in [0.05, 0.1) is 23.8 Å². The second-order valence-corrected chi connectivity index (χ2v) is 6.55. The minimum Gasteiger partial charge on any atom is -0.463 e. The van der Waals surface area contributed by atoms with Crippen molar-refractivity contribution in [2.45, 2.75) is 51.6 Å². The van der Waals surface area contributed by atoms with Gasteiger partial charge in [-0.2, -0.15) is 0 Å². The molecule has 1 aliphatic carbocycles. The molecule has 1 aliphatic heterocycles. The molecule has 0 aromatic heterocycles. The molecule has 1 saturated carbocycles. The van der Waals surface area contributed by atoms with Gasteiger partial charge in [-0.1, -0.05) is 18.9 Å². The van der Waals surface area contributed by atoms with E-state index in [1.54, 1.807) is 13.8 Å². The van der Waals surface area contributed by atoms with Crippen LogP contribution in [0.2, 0.25) is 0 Å². The van der Waals surface area contributed by atoms with E-state index in [2.05, 4.69) is 5.32 Å². The van der Waals surface area contributed by atoms with Crippen LogP contribution in [0.1, 0.15) is 51.1 Å². The second-order valence-electron chi connectivity index (χ2n) is 6.55. The largest absolute Gasteiger partial charge is 0.463 e. The molecule has 3 rings (SSSR count). The summed E-state index contributed by atoms with van der Waals surface area (Å²) >= 11 is 0. The lowest BCUT2D eigenvalue weighted by Gasteiger charge is -2.38. The van der Waals surface area contributed by atoms with E-state index in [1.807, 2.05) is 0 Å². The summed E-state index contributed by atoms with van der Waals surface area (Å²) in [4.78, 5) is 26.8. The fourth-order valence-electron chi connectivity index (χ4n) is 3.84. The van der Waals surface area contributed by atoms with Crippen LogP contribution in [0.15, 0.2) is 29.5 Å². The number of rotatable bonds is 4. The minimum atomic E-state index is -1.22. The first-order valence-electron chi connectivity index (χ1n) is 8.87. The van der Waals surface area contributed by atoms with Crippen LogP contribution in [0.5, 0.6) is 0 Å².